The molecule has 0 saturated carbocycles. The van der Waals surface area contributed by atoms with E-state index >= 15 is 0 Å². The molecular weight excluding hydrogens is 328 g/mol. The second-order valence-corrected chi connectivity index (χ2v) is 11.3. The third-order valence-corrected chi connectivity index (χ3v) is 7.69. The van der Waals surface area contributed by atoms with Crippen molar-refractivity contribution < 1.29 is 12.6 Å². The van der Waals surface area contributed by atoms with Crippen molar-refractivity contribution in [2.24, 2.45) is 0 Å². The van der Waals surface area contributed by atoms with Crippen LogP contribution in [-0.4, -0.2) is 29.4 Å². The van der Waals surface area contributed by atoms with E-state index in [4.69, 9.17) is 0 Å². The van der Waals surface area contributed by atoms with Gasteiger partial charge in [-0.25, -0.2) is 8.42 Å². The molecule has 3 nitrogen and oxygen atoms in total. The molecule has 0 bridgehead atoms. The molecule has 23 heavy (non-hydrogen) atoms. The van der Waals surface area contributed by atoms with Gasteiger partial charge in [0.15, 0.2) is 9.84 Å². The van der Waals surface area contributed by atoms with Crippen molar-refractivity contribution in [1.29, 1.82) is 0 Å². The third-order valence-electron chi connectivity index (χ3n) is 4.07. The van der Waals surface area contributed by atoms with E-state index in [9.17, 15) is 12.6 Å². The predicted octanol–water partition coefficient (Wildman–Crippen LogP) is 4.13. The first kappa shape index (κ1) is 20.4. The maximum Gasteiger partial charge on any atom is 0.155 e. The molecule has 0 radical (unpaired) electrons. The molecule has 132 valence electrons. The highest BCUT2D eigenvalue weighted by Crippen LogP contribution is 2.18. The number of hydrogen-bond acceptors (Lipinski definition) is 3. The maximum absolute atomic E-state index is 12.0. The molecule has 0 N–H and O–H groups in total. The van der Waals surface area contributed by atoms with E-state index in [-0.39, 0.29) is 0 Å². The van der Waals surface area contributed by atoms with Gasteiger partial charge in [-0.2, -0.15) is 0 Å². The quantitative estimate of drug-likeness (QED) is 0.624. The number of hydrogen-bond donors (Lipinski definition) is 0. The van der Waals surface area contributed by atoms with Crippen LogP contribution in [-0.2, 0) is 27.1 Å². The van der Waals surface area contributed by atoms with Crippen LogP contribution >= 0.6 is 0 Å². The Labute approximate surface area is 144 Å². The molecule has 0 fully saturated rings. The van der Waals surface area contributed by atoms with Crippen LogP contribution in [0.5, 0.6) is 0 Å². The normalized spacial score (nSPS) is 13.9. The molecule has 0 aliphatic rings. The lowest BCUT2D eigenvalue weighted by Crippen LogP contribution is -2.30. The first-order valence-electron chi connectivity index (χ1n) is 8.28. The number of sulfone groups is 1. The number of rotatable bonds is 9. The lowest BCUT2D eigenvalue weighted by Gasteiger charge is -2.18. The lowest BCUT2D eigenvalue weighted by atomic mass is 10.1. The van der Waals surface area contributed by atoms with Crippen LogP contribution in [0.2, 0.25) is 0 Å². The first-order chi connectivity index (χ1) is 10.6. The van der Waals surface area contributed by atoms with Crippen molar-refractivity contribution >= 4 is 20.6 Å². The van der Waals surface area contributed by atoms with Gasteiger partial charge in [0.2, 0.25) is 0 Å². The Morgan fingerprint density at radius 3 is 1.96 bits per heavy atom. The van der Waals surface area contributed by atoms with Crippen LogP contribution in [0, 0.1) is 0 Å². The standard InChI is InChI=1S/C18H30O3S2/c1-18(2,3)23(20,21)15-9-7-5-6-8-10-16-11-13-17(14-12-16)22(4)19/h11-14H,5-10,15H2,1-4H3. The van der Waals surface area contributed by atoms with E-state index in [0.29, 0.717) is 5.75 Å². The lowest BCUT2D eigenvalue weighted by molar-refractivity contribution is 0.552. The topological polar surface area (TPSA) is 51.2 Å². The predicted molar refractivity (Wildman–Crippen MR) is 99.1 cm³/mol. The monoisotopic (exact) mass is 358 g/mol. The first-order valence-corrected chi connectivity index (χ1v) is 11.5. The molecule has 0 aliphatic carbocycles. The number of benzene rings is 1. The molecule has 0 amide bonds. The molecule has 0 heterocycles. The van der Waals surface area contributed by atoms with Gasteiger partial charge in [-0.05, 0) is 57.7 Å². The fraction of sp³-hybridized carbons (Fsp3) is 0.667. The maximum atomic E-state index is 12.0. The highest BCUT2D eigenvalue weighted by molar-refractivity contribution is 7.92. The fourth-order valence-electron chi connectivity index (χ4n) is 2.31. The van der Waals surface area contributed by atoms with Crippen molar-refractivity contribution in [3.05, 3.63) is 29.8 Å². The minimum absolute atomic E-state index is 0.298. The SMILES string of the molecule is CS(=O)c1ccc(CCCCCCCS(=O)(=O)C(C)(C)C)cc1. The Kier molecular flexibility index (Phi) is 7.95. The highest BCUT2D eigenvalue weighted by atomic mass is 32.2. The zero-order valence-corrected chi connectivity index (χ0v) is 16.4. The highest BCUT2D eigenvalue weighted by Gasteiger charge is 2.27. The molecular formula is C18H30O3S2. The fourth-order valence-corrected chi connectivity index (χ4v) is 4.02. The Morgan fingerprint density at radius 1 is 0.913 bits per heavy atom. The summed E-state index contributed by atoms with van der Waals surface area (Å²) in [5.41, 5.74) is 1.27. The van der Waals surface area contributed by atoms with Crippen molar-refractivity contribution in [2.75, 3.05) is 12.0 Å². The molecule has 1 unspecified atom stereocenters. The van der Waals surface area contributed by atoms with Gasteiger partial charge >= 0.3 is 0 Å². The van der Waals surface area contributed by atoms with Crippen LogP contribution in [0.15, 0.2) is 29.2 Å². The summed E-state index contributed by atoms with van der Waals surface area (Å²) in [5, 5.41) is 0. The molecule has 1 rings (SSSR count). The van der Waals surface area contributed by atoms with E-state index in [1.54, 1.807) is 27.0 Å². The zero-order chi connectivity index (χ0) is 17.5. The summed E-state index contributed by atoms with van der Waals surface area (Å²) in [7, 11) is -3.88. The summed E-state index contributed by atoms with van der Waals surface area (Å²) in [6.45, 7) is 5.30. The molecule has 0 aliphatic heterocycles. The Bertz CT molecular complexity index is 596. The van der Waals surface area contributed by atoms with Gasteiger partial charge in [0, 0.05) is 22.0 Å². The summed E-state index contributed by atoms with van der Waals surface area (Å²) in [5.74, 6) is 0.298. The van der Waals surface area contributed by atoms with Gasteiger partial charge in [0.25, 0.3) is 0 Å². The minimum atomic E-state index is -2.97. The molecule has 5 heteroatoms. The van der Waals surface area contributed by atoms with Gasteiger partial charge in [-0.1, -0.05) is 31.4 Å². The van der Waals surface area contributed by atoms with Gasteiger partial charge < -0.3 is 0 Å². The van der Waals surface area contributed by atoms with Gasteiger partial charge in [-0.3, -0.25) is 4.21 Å². The van der Waals surface area contributed by atoms with Crippen molar-refractivity contribution in [3.63, 3.8) is 0 Å². The molecule has 0 aromatic heterocycles. The van der Waals surface area contributed by atoms with Crippen molar-refractivity contribution in [2.45, 2.75) is 68.9 Å². The summed E-state index contributed by atoms with van der Waals surface area (Å²) < 4.78 is 34.6. The Balaban J connectivity index is 2.18. The van der Waals surface area contributed by atoms with Crippen LogP contribution in [0.1, 0.15) is 58.4 Å². The van der Waals surface area contributed by atoms with E-state index in [1.807, 2.05) is 24.3 Å². The smallest absolute Gasteiger partial charge is 0.155 e. The largest absolute Gasteiger partial charge is 0.255 e. The van der Waals surface area contributed by atoms with Crippen LogP contribution in [0.3, 0.4) is 0 Å². The summed E-state index contributed by atoms with van der Waals surface area (Å²) in [6, 6.07) is 7.96. The van der Waals surface area contributed by atoms with Crippen molar-refractivity contribution in [1.82, 2.24) is 0 Å². The van der Waals surface area contributed by atoms with Gasteiger partial charge in [0.05, 0.1) is 10.5 Å². The van der Waals surface area contributed by atoms with Crippen molar-refractivity contribution in [3.8, 4) is 0 Å². The summed E-state index contributed by atoms with van der Waals surface area (Å²) in [4.78, 5) is 0.869. The third kappa shape index (κ3) is 7.17. The van der Waals surface area contributed by atoms with Gasteiger partial charge in [0.1, 0.15) is 0 Å². The minimum Gasteiger partial charge on any atom is -0.255 e. The Hall–Kier alpha value is -0.680. The average molecular weight is 359 g/mol. The van der Waals surface area contributed by atoms with Gasteiger partial charge in [-0.15, -0.1) is 0 Å². The van der Waals surface area contributed by atoms with Crippen LogP contribution in [0.4, 0.5) is 0 Å². The van der Waals surface area contributed by atoms with E-state index in [1.165, 1.54) is 5.56 Å². The second-order valence-electron chi connectivity index (χ2n) is 7.05. The number of aryl methyl sites for hydroxylation is 1. The second kappa shape index (κ2) is 8.97. The number of unbranched alkanes of at least 4 members (excludes halogenated alkanes) is 4. The van der Waals surface area contributed by atoms with E-state index in [0.717, 1.165) is 43.4 Å². The molecule has 0 spiro atoms. The molecule has 1 atom stereocenters. The molecule has 0 saturated heterocycles. The summed E-state index contributed by atoms with van der Waals surface area (Å²) >= 11 is 0. The zero-order valence-electron chi connectivity index (χ0n) is 14.8. The van der Waals surface area contributed by atoms with Crippen LogP contribution < -0.4 is 0 Å². The Morgan fingerprint density at radius 2 is 1.43 bits per heavy atom. The van der Waals surface area contributed by atoms with E-state index < -0.39 is 25.4 Å². The molecule has 1 aromatic carbocycles. The summed E-state index contributed by atoms with van der Waals surface area (Å²) in [6.07, 6.45) is 7.76. The van der Waals surface area contributed by atoms with Crippen LogP contribution in [0.25, 0.3) is 0 Å². The molecule has 1 aromatic rings. The van der Waals surface area contributed by atoms with E-state index in [2.05, 4.69) is 0 Å². The average Bonchev–Trinajstić information content (AvgIpc) is 2.45.